The molecular formula is C11H15N3O3. The molecule has 2 heterocycles. The molecule has 92 valence electrons. The van der Waals surface area contributed by atoms with Crippen molar-refractivity contribution in [2.45, 2.75) is 20.0 Å². The molecule has 2 atom stereocenters. The third kappa shape index (κ3) is 2.08. The minimum Gasteiger partial charge on any atom is -0.367 e. The van der Waals surface area contributed by atoms with Gasteiger partial charge in [0, 0.05) is 13.0 Å². The van der Waals surface area contributed by atoms with E-state index in [0.29, 0.717) is 12.3 Å². The molecule has 1 aliphatic heterocycles. The molecule has 6 heteroatoms. The van der Waals surface area contributed by atoms with Crippen molar-refractivity contribution >= 4 is 5.69 Å². The Hall–Kier alpha value is -1.69. The van der Waals surface area contributed by atoms with Gasteiger partial charge in [0.25, 0.3) is 0 Å². The van der Waals surface area contributed by atoms with Crippen molar-refractivity contribution < 1.29 is 9.66 Å². The van der Waals surface area contributed by atoms with Crippen LogP contribution in [0.25, 0.3) is 0 Å². The number of hydrogen-bond acceptors (Lipinski definition) is 4. The molecule has 1 aliphatic rings. The first-order valence-corrected chi connectivity index (χ1v) is 5.46. The molecule has 17 heavy (non-hydrogen) atoms. The van der Waals surface area contributed by atoms with Crippen LogP contribution in [0.2, 0.25) is 0 Å². The first-order chi connectivity index (χ1) is 8.00. The quantitative estimate of drug-likeness (QED) is 0.448. The highest BCUT2D eigenvalue weighted by Crippen LogP contribution is 2.36. The molecule has 0 bridgehead atoms. The molecule has 0 aromatic carbocycles. The fourth-order valence-corrected chi connectivity index (χ4v) is 2.19. The van der Waals surface area contributed by atoms with Gasteiger partial charge in [-0.1, -0.05) is 18.6 Å². The summed E-state index contributed by atoms with van der Waals surface area (Å²) in [5, 5.41) is 14.9. The number of aromatic nitrogens is 2. The monoisotopic (exact) mass is 237 g/mol. The Morgan fingerprint density at radius 1 is 1.65 bits per heavy atom. The summed E-state index contributed by atoms with van der Waals surface area (Å²) in [6.45, 7) is 4.49. The van der Waals surface area contributed by atoms with E-state index in [9.17, 15) is 10.1 Å². The maximum atomic E-state index is 10.9. The predicted molar refractivity (Wildman–Crippen MR) is 61.5 cm³/mol. The predicted octanol–water partition coefficient (Wildman–Crippen LogP) is 1.98. The van der Waals surface area contributed by atoms with Crippen molar-refractivity contribution in [2.24, 2.45) is 13.0 Å². The Kier molecular flexibility index (Phi) is 2.97. The van der Waals surface area contributed by atoms with E-state index >= 15 is 0 Å². The number of nitro groups is 1. The van der Waals surface area contributed by atoms with E-state index in [1.54, 1.807) is 7.05 Å². The van der Waals surface area contributed by atoms with Crippen molar-refractivity contribution in [3.8, 4) is 0 Å². The van der Waals surface area contributed by atoms with E-state index < -0.39 is 4.92 Å². The van der Waals surface area contributed by atoms with Gasteiger partial charge >= 0.3 is 5.69 Å². The SMILES string of the molecule is CC1=C[C@H](C)[C@H](c2c([N+](=O)[O-])cnn2C)OC1. The Morgan fingerprint density at radius 2 is 2.35 bits per heavy atom. The summed E-state index contributed by atoms with van der Waals surface area (Å²) >= 11 is 0. The highest BCUT2D eigenvalue weighted by molar-refractivity contribution is 5.36. The summed E-state index contributed by atoms with van der Waals surface area (Å²) in [6, 6.07) is 0. The van der Waals surface area contributed by atoms with Gasteiger partial charge in [-0.15, -0.1) is 0 Å². The van der Waals surface area contributed by atoms with E-state index in [-0.39, 0.29) is 17.7 Å². The van der Waals surface area contributed by atoms with Gasteiger partial charge in [-0.05, 0) is 6.92 Å². The number of ether oxygens (including phenoxy) is 1. The lowest BCUT2D eigenvalue weighted by Gasteiger charge is -2.26. The standard InChI is InChI=1S/C11H15N3O3/c1-7-4-8(2)11(17-6-7)10-9(14(15)16)5-12-13(10)3/h4-5,8,11H,6H2,1-3H3/t8-,11+/m0/s1. The Bertz CT molecular complexity index is 478. The van der Waals surface area contributed by atoms with Gasteiger partial charge in [0.2, 0.25) is 0 Å². The van der Waals surface area contributed by atoms with Gasteiger partial charge in [0.15, 0.2) is 0 Å². The van der Waals surface area contributed by atoms with Crippen LogP contribution in [0.4, 0.5) is 5.69 Å². The molecule has 6 nitrogen and oxygen atoms in total. The summed E-state index contributed by atoms with van der Waals surface area (Å²) in [5.74, 6) is 0.109. The largest absolute Gasteiger partial charge is 0.367 e. The van der Waals surface area contributed by atoms with Gasteiger partial charge < -0.3 is 4.74 Å². The van der Waals surface area contributed by atoms with Gasteiger partial charge in [-0.25, -0.2) is 0 Å². The summed E-state index contributed by atoms with van der Waals surface area (Å²) in [5.41, 5.74) is 1.71. The lowest BCUT2D eigenvalue weighted by molar-refractivity contribution is -0.386. The Labute approximate surface area is 99.0 Å². The first kappa shape index (κ1) is 11.8. The molecule has 0 radical (unpaired) electrons. The van der Waals surface area contributed by atoms with E-state index in [4.69, 9.17) is 4.74 Å². The third-order valence-electron chi connectivity index (χ3n) is 2.95. The van der Waals surface area contributed by atoms with E-state index in [2.05, 4.69) is 11.2 Å². The number of aryl methyl sites for hydroxylation is 1. The van der Waals surface area contributed by atoms with Crippen LogP contribution in [-0.4, -0.2) is 21.3 Å². The average Bonchev–Trinajstić information content (AvgIpc) is 2.60. The van der Waals surface area contributed by atoms with Crippen molar-refractivity contribution in [2.75, 3.05) is 6.61 Å². The van der Waals surface area contributed by atoms with Crippen LogP contribution in [0.1, 0.15) is 25.6 Å². The Balaban J connectivity index is 2.41. The molecule has 0 saturated heterocycles. The molecule has 0 spiro atoms. The summed E-state index contributed by atoms with van der Waals surface area (Å²) in [6.07, 6.45) is 3.06. The van der Waals surface area contributed by atoms with Gasteiger partial charge in [0.1, 0.15) is 18.0 Å². The molecule has 0 unspecified atom stereocenters. The lowest BCUT2D eigenvalue weighted by Crippen LogP contribution is -2.21. The molecule has 0 aliphatic carbocycles. The Morgan fingerprint density at radius 3 is 2.94 bits per heavy atom. The van der Waals surface area contributed by atoms with Crippen LogP contribution in [0, 0.1) is 16.0 Å². The first-order valence-electron chi connectivity index (χ1n) is 5.46. The van der Waals surface area contributed by atoms with Crippen molar-refractivity contribution in [1.82, 2.24) is 9.78 Å². The van der Waals surface area contributed by atoms with E-state index in [0.717, 1.165) is 5.57 Å². The molecule has 0 amide bonds. The number of rotatable bonds is 2. The van der Waals surface area contributed by atoms with Crippen LogP contribution in [0.15, 0.2) is 17.8 Å². The zero-order chi connectivity index (χ0) is 12.6. The highest BCUT2D eigenvalue weighted by atomic mass is 16.6. The smallest absolute Gasteiger partial charge is 0.312 e. The maximum absolute atomic E-state index is 10.9. The van der Waals surface area contributed by atoms with E-state index in [1.807, 2.05) is 13.8 Å². The summed E-state index contributed by atoms with van der Waals surface area (Å²) in [7, 11) is 1.70. The minimum atomic E-state index is -0.413. The molecule has 0 N–H and O–H groups in total. The molecule has 1 aromatic heterocycles. The number of nitrogens with zero attached hydrogens (tertiary/aromatic N) is 3. The van der Waals surface area contributed by atoms with Crippen molar-refractivity contribution in [3.63, 3.8) is 0 Å². The zero-order valence-electron chi connectivity index (χ0n) is 10.1. The maximum Gasteiger partial charge on any atom is 0.312 e. The van der Waals surface area contributed by atoms with Crippen molar-refractivity contribution in [1.29, 1.82) is 0 Å². The molecule has 2 rings (SSSR count). The van der Waals surface area contributed by atoms with Crippen LogP contribution >= 0.6 is 0 Å². The topological polar surface area (TPSA) is 70.2 Å². The van der Waals surface area contributed by atoms with Crippen LogP contribution < -0.4 is 0 Å². The normalized spacial score (nSPS) is 24.5. The second-order valence-corrected chi connectivity index (χ2v) is 4.40. The van der Waals surface area contributed by atoms with Crippen LogP contribution in [0.5, 0.6) is 0 Å². The molecule has 0 saturated carbocycles. The average molecular weight is 237 g/mol. The number of hydrogen-bond donors (Lipinski definition) is 0. The van der Waals surface area contributed by atoms with Crippen molar-refractivity contribution in [3.05, 3.63) is 33.7 Å². The van der Waals surface area contributed by atoms with Gasteiger partial charge in [-0.3, -0.25) is 14.8 Å². The van der Waals surface area contributed by atoms with Gasteiger partial charge in [-0.2, -0.15) is 5.10 Å². The lowest BCUT2D eigenvalue weighted by atomic mass is 9.96. The minimum absolute atomic E-state index is 0.0253. The second-order valence-electron chi connectivity index (χ2n) is 4.40. The third-order valence-corrected chi connectivity index (χ3v) is 2.95. The molecular weight excluding hydrogens is 222 g/mol. The summed E-state index contributed by atoms with van der Waals surface area (Å²) < 4.78 is 7.21. The highest BCUT2D eigenvalue weighted by Gasteiger charge is 2.32. The zero-order valence-corrected chi connectivity index (χ0v) is 10.1. The fourth-order valence-electron chi connectivity index (χ4n) is 2.19. The van der Waals surface area contributed by atoms with E-state index in [1.165, 1.54) is 10.9 Å². The summed E-state index contributed by atoms with van der Waals surface area (Å²) in [4.78, 5) is 10.5. The second kappa shape index (κ2) is 4.29. The van der Waals surface area contributed by atoms with Crippen LogP contribution in [0.3, 0.4) is 0 Å². The molecule has 0 fully saturated rings. The fraction of sp³-hybridized carbons (Fsp3) is 0.545. The molecule has 1 aromatic rings. The van der Waals surface area contributed by atoms with Crippen LogP contribution in [-0.2, 0) is 11.8 Å². The van der Waals surface area contributed by atoms with Gasteiger partial charge in [0.05, 0.1) is 11.5 Å².